The minimum absolute atomic E-state index is 0.0550. The predicted octanol–water partition coefficient (Wildman–Crippen LogP) is 2.32. The highest BCUT2D eigenvalue weighted by Crippen LogP contribution is 2.26. The van der Waals surface area contributed by atoms with Crippen molar-refractivity contribution < 1.29 is 0 Å². The highest BCUT2D eigenvalue weighted by atomic mass is 15.2. The quantitative estimate of drug-likeness (QED) is 0.836. The molecule has 1 aliphatic rings. The molecule has 1 heterocycles. The molecule has 0 aliphatic carbocycles. The maximum Gasteiger partial charge on any atom is 0.0235 e. The van der Waals surface area contributed by atoms with Gasteiger partial charge in [0.2, 0.25) is 0 Å². The summed E-state index contributed by atoms with van der Waals surface area (Å²) < 4.78 is 0. The summed E-state index contributed by atoms with van der Waals surface area (Å²) in [5, 5.41) is 0. The summed E-state index contributed by atoms with van der Waals surface area (Å²) in [6.45, 7) is 13.3. The Bertz CT molecular complexity index is 416. The van der Waals surface area contributed by atoms with Crippen LogP contribution in [0.15, 0.2) is 30.3 Å². The van der Waals surface area contributed by atoms with E-state index in [9.17, 15) is 0 Å². The van der Waals surface area contributed by atoms with Crippen molar-refractivity contribution in [2.24, 2.45) is 5.73 Å². The number of rotatable bonds is 7. The van der Waals surface area contributed by atoms with E-state index >= 15 is 0 Å². The molecule has 21 heavy (non-hydrogen) atoms. The number of likely N-dealkylation sites (N-methyl/N-ethyl adjacent to an activating group) is 1. The lowest BCUT2D eigenvalue weighted by atomic mass is 9.82. The Labute approximate surface area is 130 Å². The molecule has 1 aromatic carbocycles. The van der Waals surface area contributed by atoms with Gasteiger partial charge in [-0.25, -0.2) is 0 Å². The van der Waals surface area contributed by atoms with Crippen molar-refractivity contribution in [2.75, 3.05) is 39.3 Å². The summed E-state index contributed by atoms with van der Waals surface area (Å²) in [5.41, 5.74) is 7.54. The molecule has 0 aromatic heterocycles. The van der Waals surface area contributed by atoms with Gasteiger partial charge < -0.3 is 10.6 Å². The van der Waals surface area contributed by atoms with E-state index in [1.165, 1.54) is 25.1 Å². The van der Waals surface area contributed by atoms with E-state index in [-0.39, 0.29) is 5.41 Å². The molecular formula is C18H31N3. The number of nitrogens with two attached hydrogens (primary N) is 1. The SMILES string of the molecule is CCN(CC)C1CCN(CC(C)(CN)c2ccccc2)C1. The smallest absolute Gasteiger partial charge is 0.0235 e. The number of nitrogens with zero attached hydrogens (tertiary/aromatic N) is 2. The molecule has 1 saturated heterocycles. The molecular weight excluding hydrogens is 258 g/mol. The summed E-state index contributed by atoms with van der Waals surface area (Å²) in [6.07, 6.45) is 1.29. The molecule has 0 saturated carbocycles. The van der Waals surface area contributed by atoms with Gasteiger partial charge in [0.15, 0.2) is 0 Å². The van der Waals surface area contributed by atoms with Crippen LogP contribution in [0, 0.1) is 0 Å². The molecule has 1 aromatic rings. The van der Waals surface area contributed by atoms with Crippen molar-refractivity contribution in [3.8, 4) is 0 Å². The van der Waals surface area contributed by atoms with E-state index in [4.69, 9.17) is 5.73 Å². The maximum atomic E-state index is 6.13. The van der Waals surface area contributed by atoms with E-state index in [2.05, 4.69) is 60.9 Å². The van der Waals surface area contributed by atoms with Crippen LogP contribution in [-0.2, 0) is 5.41 Å². The molecule has 0 bridgehead atoms. The van der Waals surface area contributed by atoms with Gasteiger partial charge in [-0.1, -0.05) is 51.1 Å². The Kier molecular flexibility index (Phi) is 5.80. The summed E-state index contributed by atoms with van der Waals surface area (Å²) in [6, 6.07) is 11.5. The standard InChI is InChI=1S/C18H31N3/c1-4-21(5-2)17-11-12-20(13-17)15-18(3,14-19)16-9-7-6-8-10-16/h6-10,17H,4-5,11-15,19H2,1-3H3. The van der Waals surface area contributed by atoms with Crippen molar-refractivity contribution in [3.63, 3.8) is 0 Å². The van der Waals surface area contributed by atoms with Crippen molar-refractivity contribution in [1.29, 1.82) is 0 Å². The second-order valence-corrected chi connectivity index (χ2v) is 6.53. The minimum Gasteiger partial charge on any atom is -0.330 e. The average molecular weight is 289 g/mol. The van der Waals surface area contributed by atoms with Crippen LogP contribution in [0.5, 0.6) is 0 Å². The summed E-state index contributed by atoms with van der Waals surface area (Å²) in [5.74, 6) is 0. The molecule has 2 rings (SSSR count). The van der Waals surface area contributed by atoms with Crippen molar-refractivity contribution in [3.05, 3.63) is 35.9 Å². The lowest BCUT2D eigenvalue weighted by Gasteiger charge is -2.34. The van der Waals surface area contributed by atoms with Crippen LogP contribution >= 0.6 is 0 Å². The fraction of sp³-hybridized carbons (Fsp3) is 0.667. The van der Waals surface area contributed by atoms with Crippen LogP contribution in [0.25, 0.3) is 0 Å². The molecule has 2 N–H and O–H groups in total. The van der Waals surface area contributed by atoms with Crippen LogP contribution < -0.4 is 5.73 Å². The molecule has 0 amide bonds. The van der Waals surface area contributed by atoms with Gasteiger partial charge in [0.25, 0.3) is 0 Å². The fourth-order valence-corrected chi connectivity index (χ4v) is 3.60. The first kappa shape index (κ1) is 16.5. The highest BCUT2D eigenvalue weighted by molar-refractivity contribution is 5.25. The van der Waals surface area contributed by atoms with E-state index in [1.807, 2.05) is 0 Å². The van der Waals surface area contributed by atoms with Crippen molar-refractivity contribution >= 4 is 0 Å². The second kappa shape index (κ2) is 7.39. The van der Waals surface area contributed by atoms with Crippen LogP contribution in [0.4, 0.5) is 0 Å². The van der Waals surface area contributed by atoms with Crippen molar-refractivity contribution in [1.82, 2.24) is 9.80 Å². The molecule has 1 fully saturated rings. The topological polar surface area (TPSA) is 32.5 Å². The summed E-state index contributed by atoms with van der Waals surface area (Å²) in [7, 11) is 0. The van der Waals surface area contributed by atoms with Gasteiger partial charge >= 0.3 is 0 Å². The fourth-order valence-electron chi connectivity index (χ4n) is 3.60. The zero-order valence-corrected chi connectivity index (χ0v) is 13.9. The Morgan fingerprint density at radius 2 is 1.90 bits per heavy atom. The number of hydrogen-bond acceptors (Lipinski definition) is 3. The highest BCUT2D eigenvalue weighted by Gasteiger charge is 2.32. The maximum absolute atomic E-state index is 6.13. The first-order chi connectivity index (χ1) is 10.1. The van der Waals surface area contributed by atoms with Gasteiger partial charge in [-0.05, 0) is 31.6 Å². The summed E-state index contributed by atoms with van der Waals surface area (Å²) >= 11 is 0. The van der Waals surface area contributed by atoms with E-state index in [1.54, 1.807) is 0 Å². The largest absolute Gasteiger partial charge is 0.330 e. The zero-order valence-electron chi connectivity index (χ0n) is 13.9. The van der Waals surface area contributed by atoms with Gasteiger partial charge in [-0.15, -0.1) is 0 Å². The zero-order chi connectivity index (χ0) is 15.3. The monoisotopic (exact) mass is 289 g/mol. The lowest BCUT2D eigenvalue weighted by molar-refractivity contribution is 0.197. The molecule has 2 atom stereocenters. The Hall–Kier alpha value is -0.900. The van der Waals surface area contributed by atoms with Crippen molar-refractivity contribution in [2.45, 2.75) is 38.6 Å². The van der Waals surface area contributed by atoms with Gasteiger partial charge in [0.1, 0.15) is 0 Å². The van der Waals surface area contributed by atoms with Crippen LogP contribution in [0.1, 0.15) is 32.8 Å². The Morgan fingerprint density at radius 1 is 1.24 bits per heavy atom. The number of hydrogen-bond donors (Lipinski definition) is 1. The van der Waals surface area contributed by atoms with Crippen LogP contribution in [0.2, 0.25) is 0 Å². The molecule has 0 spiro atoms. The van der Waals surface area contributed by atoms with E-state index in [0.29, 0.717) is 6.54 Å². The third kappa shape index (κ3) is 3.85. The first-order valence-corrected chi connectivity index (χ1v) is 8.35. The van der Waals surface area contributed by atoms with Gasteiger partial charge in [-0.2, -0.15) is 0 Å². The van der Waals surface area contributed by atoms with Gasteiger partial charge in [-0.3, -0.25) is 4.90 Å². The molecule has 118 valence electrons. The normalized spacial score (nSPS) is 22.6. The summed E-state index contributed by atoms with van der Waals surface area (Å²) in [4.78, 5) is 5.19. The minimum atomic E-state index is 0.0550. The molecule has 3 nitrogen and oxygen atoms in total. The number of likely N-dealkylation sites (tertiary alicyclic amines) is 1. The molecule has 3 heteroatoms. The second-order valence-electron chi connectivity index (χ2n) is 6.53. The van der Waals surface area contributed by atoms with Crippen LogP contribution in [-0.4, -0.2) is 55.1 Å². The van der Waals surface area contributed by atoms with Gasteiger partial charge in [0, 0.05) is 31.1 Å². The molecule has 0 radical (unpaired) electrons. The predicted molar refractivity (Wildman–Crippen MR) is 90.6 cm³/mol. The Morgan fingerprint density at radius 3 is 2.48 bits per heavy atom. The Balaban J connectivity index is 2.00. The third-order valence-electron chi connectivity index (χ3n) is 5.07. The van der Waals surface area contributed by atoms with Crippen LogP contribution in [0.3, 0.4) is 0 Å². The third-order valence-corrected chi connectivity index (χ3v) is 5.07. The van der Waals surface area contributed by atoms with Gasteiger partial charge in [0.05, 0.1) is 0 Å². The molecule has 2 unspecified atom stereocenters. The molecule has 1 aliphatic heterocycles. The van der Waals surface area contributed by atoms with E-state index < -0.39 is 0 Å². The average Bonchev–Trinajstić information content (AvgIpc) is 2.97. The number of benzene rings is 1. The lowest BCUT2D eigenvalue weighted by Crippen LogP contribution is -2.44. The first-order valence-electron chi connectivity index (χ1n) is 8.35. The van der Waals surface area contributed by atoms with E-state index in [0.717, 1.165) is 25.7 Å².